The Balaban J connectivity index is 1.88. The lowest BCUT2D eigenvalue weighted by atomic mass is 9.97. The molecule has 1 fully saturated rings. The minimum Gasteiger partial charge on any atom is -0.483 e. The first kappa shape index (κ1) is 14.9. The molecule has 4 heteroatoms. The van der Waals surface area contributed by atoms with Gasteiger partial charge in [0.1, 0.15) is 5.75 Å². The first-order chi connectivity index (χ1) is 9.59. The van der Waals surface area contributed by atoms with E-state index in [1.165, 1.54) is 0 Å². The predicted octanol–water partition coefficient (Wildman–Crippen LogP) is 1.90. The lowest BCUT2D eigenvalue weighted by Crippen LogP contribution is -2.52. The van der Waals surface area contributed by atoms with Crippen molar-refractivity contribution in [1.29, 1.82) is 0 Å². The molecule has 110 valence electrons. The standard InChI is InChI=1S/C16H23NO3/c1-3-12-6-4-5-7-14(12)20-10-15(19)17-16(2,11-18)13-8-9-13/h4-7,13,18H,3,8-11H2,1-2H3,(H,17,19). The summed E-state index contributed by atoms with van der Waals surface area (Å²) >= 11 is 0. The number of benzene rings is 1. The molecule has 1 aliphatic rings. The van der Waals surface area contributed by atoms with E-state index < -0.39 is 5.54 Å². The number of hydrogen-bond donors (Lipinski definition) is 2. The highest BCUT2D eigenvalue weighted by molar-refractivity contribution is 5.78. The van der Waals surface area contributed by atoms with Crippen LogP contribution in [0.4, 0.5) is 0 Å². The first-order valence-electron chi connectivity index (χ1n) is 7.21. The maximum absolute atomic E-state index is 12.0. The van der Waals surface area contributed by atoms with Gasteiger partial charge in [0.25, 0.3) is 5.91 Å². The van der Waals surface area contributed by atoms with E-state index in [1.54, 1.807) is 0 Å². The summed E-state index contributed by atoms with van der Waals surface area (Å²) in [4.78, 5) is 12.0. The first-order valence-corrected chi connectivity index (χ1v) is 7.21. The molecule has 4 nitrogen and oxygen atoms in total. The second-order valence-electron chi connectivity index (χ2n) is 5.65. The zero-order valence-electron chi connectivity index (χ0n) is 12.2. The number of carbonyl (C=O) groups excluding carboxylic acids is 1. The minimum atomic E-state index is -0.509. The molecule has 0 spiro atoms. The molecule has 2 rings (SSSR count). The van der Waals surface area contributed by atoms with Crippen LogP contribution in [0.15, 0.2) is 24.3 Å². The van der Waals surface area contributed by atoms with Gasteiger partial charge in [-0.1, -0.05) is 25.1 Å². The van der Waals surface area contributed by atoms with Crippen molar-refractivity contribution >= 4 is 5.91 Å². The van der Waals surface area contributed by atoms with E-state index in [1.807, 2.05) is 31.2 Å². The van der Waals surface area contributed by atoms with Gasteiger partial charge < -0.3 is 15.2 Å². The minimum absolute atomic E-state index is 0.0146. The van der Waals surface area contributed by atoms with Crippen LogP contribution in [0.2, 0.25) is 0 Å². The Hall–Kier alpha value is -1.55. The highest BCUT2D eigenvalue weighted by atomic mass is 16.5. The molecule has 0 bridgehead atoms. The summed E-state index contributed by atoms with van der Waals surface area (Å²) in [5, 5.41) is 12.4. The third-order valence-electron chi connectivity index (χ3n) is 3.94. The van der Waals surface area contributed by atoms with Crippen LogP contribution in [-0.2, 0) is 11.2 Å². The maximum atomic E-state index is 12.0. The van der Waals surface area contributed by atoms with Crippen LogP contribution in [0.1, 0.15) is 32.3 Å². The van der Waals surface area contributed by atoms with E-state index in [-0.39, 0.29) is 19.1 Å². The zero-order chi connectivity index (χ0) is 14.6. The van der Waals surface area contributed by atoms with Gasteiger partial charge >= 0.3 is 0 Å². The van der Waals surface area contributed by atoms with E-state index in [0.717, 1.165) is 30.6 Å². The van der Waals surface area contributed by atoms with Crippen molar-refractivity contribution in [1.82, 2.24) is 5.32 Å². The van der Waals surface area contributed by atoms with Crippen LogP contribution in [0.25, 0.3) is 0 Å². The Morgan fingerprint density at radius 1 is 1.45 bits per heavy atom. The van der Waals surface area contributed by atoms with Gasteiger partial charge in [-0.2, -0.15) is 0 Å². The van der Waals surface area contributed by atoms with Gasteiger partial charge in [-0.3, -0.25) is 4.79 Å². The van der Waals surface area contributed by atoms with Gasteiger partial charge in [0.15, 0.2) is 6.61 Å². The molecule has 1 saturated carbocycles. The number of carbonyl (C=O) groups is 1. The molecular weight excluding hydrogens is 254 g/mol. The highest BCUT2D eigenvalue weighted by Crippen LogP contribution is 2.39. The molecule has 0 heterocycles. The van der Waals surface area contributed by atoms with E-state index in [2.05, 4.69) is 12.2 Å². The lowest BCUT2D eigenvalue weighted by molar-refractivity contribution is -0.125. The summed E-state index contributed by atoms with van der Waals surface area (Å²) < 4.78 is 5.59. The molecule has 1 unspecified atom stereocenters. The summed E-state index contributed by atoms with van der Waals surface area (Å²) in [6, 6.07) is 7.73. The molecule has 0 saturated heterocycles. The van der Waals surface area contributed by atoms with Crippen LogP contribution >= 0.6 is 0 Å². The number of hydrogen-bond acceptors (Lipinski definition) is 3. The van der Waals surface area contributed by atoms with Crippen molar-refractivity contribution in [2.75, 3.05) is 13.2 Å². The van der Waals surface area contributed by atoms with Crippen molar-refractivity contribution in [2.45, 2.75) is 38.6 Å². The monoisotopic (exact) mass is 277 g/mol. The molecule has 0 aliphatic heterocycles. The van der Waals surface area contributed by atoms with Crippen molar-refractivity contribution in [3.63, 3.8) is 0 Å². The molecule has 1 atom stereocenters. The fourth-order valence-corrected chi connectivity index (χ4v) is 2.43. The van der Waals surface area contributed by atoms with Crippen LogP contribution in [0, 0.1) is 5.92 Å². The lowest BCUT2D eigenvalue weighted by Gasteiger charge is -2.28. The Morgan fingerprint density at radius 3 is 2.75 bits per heavy atom. The summed E-state index contributed by atoms with van der Waals surface area (Å²) in [6.45, 7) is 3.90. The van der Waals surface area contributed by atoms with Crippen molar-refractivity contribution in [3.05, 3.63) is 29.8 Å². The van der Waals surface area contributed by atoms with Gasteiger partial charge in [-0.25, -0.2) is 0 Å². The maximum Gasteiger partial charge on any atom is 0.258 e. The van der Waals surface area contributed by atoms with Gasteiger partial charge in [-0.15, -0.1) is 0 Å². The van der Waals surface area contributed by atoms with E-state index in [0.29, 0.717) is 5.92 Å². The molecule has 0 aromatic heterocycles. The number of nitrogens with one attached hydrogen (secondary N) is 1. The Morgan fingerprint density at radius 2 is 2.15 bits per heavy atom. The predicted molar refractivity (Wildman–Crippen MR) is 77.7 cm³/mol. The molecule has 20 heavy (non-hydrogen) atoms. The number of aryl methyl sites for hydroxylation is 1. The third-order valence-corrected chi connectivity index (χ3v) is 3.94. The molecule has 1 aromatic rings. The Bertz CT molecular complexity index is 471. The van der Waals surface area contributed by atoms with Gasteiger partial charge in [0.2, 0.25) is 0 Å². The summed E-state index contributed by atoms with van der Waals surface area (Å²) in [6.07, 6.45) is 3.00. The fourth-order valence-electron chi connectivity index (χ4n) is 2.43. The van der Waals surface area contributed by atoms with E-state index >= 15 is 0 Å². The van der Waals surface area contributed by atoms with Crippen LogP contribution < -0.4 is 10.1 Å². The molecule has 1 aliphatic carbocycles. The molecule has 0 radical (unpaired) electrons. The van der Waals surface area contributed by atoms with Crippen LogP contribution in [0.5, 0.6) is 5.75 Å². The average molecular weight is 277 g/mol. The largest absolute Gasteiger partial charge is 0.483 e. The third kappa shape index (κ3) is 3.51. The SMILES string of the molecule is CCc1ccccc1OCC(=O)NC(C)(CO)C1CC1. The molecule has 2 N–H and O–H groups in total. The molecule has 1 amide bonds. The van der Waals surface area contributed by atoms with E-state index in [9.17, 15) is 9.90 Å². The van der Waals surface area contributed by atoms with Crippen LogP contribution in [0.3, 0.4) is 0 Å². The van der Waals surface area contributed by atoms with Crippen molar-refractivity contribution in [2.24, 2.45) is 5.92 Å². The van der Waals surface area contributed by atoms with Gasteiger partial charge in [0, 0.05) is 0 Å². The quantitative estimate of drug-likeness (QED) is 0.800. The van der Waals surface area contributed by atoms with Crippen molar-refractivity contribution < 1.29 is 14.6 Å². The Kier molecular flexibility index (Phi) is 4.65. The second kappa shape index (κ2) is 6.27. The number of rotatable bonds is 7. The number of aliphatic hydroxyl groups is 1. The summed E-state index contributed by atoms with van der Waals surface area (Å²) in [5.41, 5.74) is 0.581. The number of para-hydroxylation sites is 1. The normalized spacial score (nSPS) is 17.4. The van der Waals surface area contributed by atoms with Crippen molar-refractivity contribution in [3.8, 4) is 5.75 Å². The Labute approximate surface area is 120 Å². The smallest absolute Gasteiger partial charge is 0.258 e. The second-order valence-corrected chi connectivity index (χ2v) is 5.65. The van der Waals surface area contributed by atoms with E-state index in [4.69, 9.17) is 4.74 Å². The van der Waals surface area contributed by atoms with Gasteiger partial charge in [0.05, 0.1) is 12.1 Å². The number of ether oxygens (including phenoxy) is 1. The number of aliphatic hydroxyl groups excluding tert-OH is 1. The summed E-state index contributed by atoms with van der Waals surface area (Å²) in [7, 11) is 0. The van der Waals surface area contributed by atoms with Crippen LogP contribution in [-0.4, -0.2) is 29.8 Å². The fraction of sp³-hybridized carbons (Fsp3) is 0.562. The average Bonchev–Trinajstić information content (AvgIpc) is 3.30. The number of amides is 1. The zero-order valence-corrected chi connectivity index (χ0v) is 12.2. The topological polar surface area (TPSA) is 58.6 Å². The highest BCUT2D eigenvalue weighted by Gasteiger charge is 2.42. The summed E-state index contributed by atoms with van der Waals surface area (Å²) in [5.74, 6) is 0.959. The molecule has 1 aromatic carbocycles. The molecular formula is C16H23NO3. The van der Waals surface area contributed by atoms with Gasteiger partial charge in [-0.05, 0) is 43.7 Å².